The molecule has 4 rings (SSSR count). The highest BCUT2D eigenvalue weighted by Gasteiger charge is 2.71. The first-order chi connectivity index (χ1) is 13.3. The fourth-order valence-corrected chi connectivity index (χ4v) is 5.01. The van der Waals surface area contributed by atoms with Crippen LogP contribution in [-0.4, -0.2) is 60.1 Å². The van der Waals surface area contributed by atoms with Crippen LogP contribution in [0.15, 0.2) is 18.2 Å². The number of nitrogens with zero attached hydrogens (tertiary/aromatic N) is 1. The third-order valence-corrected chi connectivity index (χ3v) is 6.29. The number of halogens is 1. The lowest BCUT2D eigenvalue weighted by atomic mass is 9.76. The van der Waals surface area contributed by atoms with Gasteiger partial charge in [-0.3, -0.25) is 24.6 Å². The Kier molecular flexibility index (Phi) is 4.70. The van der Waals surface area contributed by atoms with Gasteiger partial charge < -0.3 is 15.2 Å². The lowest BCUT2D eigenvalue weighted by molar-refractivity contribution is -0.143. The molecule has 0 aromatic heterocycles. The van der Waals surface area contributed by atoms with Crippen LogP contribution in [0, 0.1) is 11.8 Å². The fraction of sp³-hybridized carbons (Fsp3) is 0.526. The van der Waals surface area contributed by atoms with Gasteiger partial charge in [-0.2, -0.15) is 0 Å². The lowest BCUT2D eigenvalue weighted by Crippen LogP contribution is -2.54. The zero-order chi connectivity index (χ0) is 20.2. The van der Waals surface area contributed by atoms with Gasteiger partial charge in [-0.15, -0.1) is 0 Å². The summed E-state index contributed by atoms with van der Waals surface area (Å²) in [6.45, 7) is 2.17. The second kappa shape index (κ2) is 6.81. The number of aliphatic hydroxyl groups excluding tert-OH is 1. The summed E-state index contributed by atoms with van der Waals surface area (Å²) < 4.78 is 5.02. The first-order valence-electron chi connectivity index (χ1n) is 9.25. The maximum atomic E-state index is 13.3. The van der Waals surface area contributed by atoms with E-state index in [0.717, 1.165) is 0 Å². The zero-order valence-corrected chi connectivity index (χ0v) is 16.3. The van der Waals surface area contributed by atoms with Crippen molar-refractivity contribution in [3.05, 3.63) is 28.8 Å². The number of para-hydroxylation sites is 1. The molecule has 2 saturated heterocycles. The minimum Gasteiger partial charge on any atom is -0.392 e. The standard InChI is InChI=1S/C19H22ClN3O5/c1-9(24)14-12-13(17(26)23(16(12)25)7-4-8-28-2)19(22-14)10-5-3-6-11(20)15(10)21-18(19)27/h3,5-6,9,12-14,22,24H,4,7-8H2,1-2H3,(H,21,27). The highest BCUT2D eigenvalue weighted by molar-refractivity contribution is 6.35. The molecule has 3 N–H and O–H groups in total. The van der Waals surface area contributed by atoms with E-state index in [9.17, 15) is 19.5 Å². The van der Waals surface area contributed by atoms with E-state index in [-0.39, 0.29) is 12.5 Å². The van der Waals surface area contributed by atoms with Gasteiger partial charge in [-0.25, -0.2) is 0 Å². The number of rotatable bonds is 5. The molecule has 2 fully saturated rings. The highest BCUT2D eigenvalue weighted by atomic mass is 35.5. The second-order valence-corrected chi connectivity index (χ2v) is 7.92. The van der Waals surface area contributed by atoms with Crippen LogP contribution in [-0.2, 0) is 24.7 Å². The molecule has 3 aliphatic rings. The number of benzene rings is 1. The minimum absolute atomic E-state index is 0.213. The van der Waals surface area contributed by atoms with Crippen molar-refractivity contribution in [2.24, 2.45) is 11.8 Å². The topological polar surface area (TPSA) is 108 Å². The summed E-state index contributed by atoms with van der Waals surface area (Å²) in [6, 6.07) is 4.34. The molecule has 3 heterocycles. The maximum absolute atomic E-state index is 13.3. The molecule has 0 radical (unpaired) electrons. The molecule has 0 saturated carbocycles. The normalized spacial score (nSPS) is 32.1. The van der Waals surface area contributed by atoms with Crippen LogP contribution in [0.3, 0.4) is 0 Å². The molecular weight excluding hydrogens is 386 g/mol. The summed E-state index contributed by atoms with van der Waals surface area (Å²) in [5.41, 5.74) is -0.470. The van der Waals surface area contributed by atoms with E-state index in [0.29, 0.717) is 29.3 Å². The molecular formula is C19H22ClN3O5. The van der Waals surface area contributed by atoms with Gasteiger partial charge in [0.1, 0.15) is 5.54 Å². The van der Waals surface area contributed by atoms with Gasteiger partial charge in [0.25, 0.3) is 0 Å². The van der Waals surface area contributed by atoms with E-state index < -0.39 is 41.3 Å². The van der Waals surface area contributed by atoms with Crippen LogP contribution in [0.1, 0.15) is 18.9 Å². The van der Waals surface area contributed by atoms with E-state index in [1.165, 1.54) is 4.90 Å². The van der Waals surface area contributed by atoms with E-state index in [1.807, 2.05) is 0 Å². The smallest absolute Gasteiger partial charge is 0.250 e. The number of hydrogen-bond donors (Lipinski definition) is 3. The Labute approximate surface area is 167 Å². The van der Waals surface area contributed by atoms with Gasteiger partial charge >= 0.3 is 0 Å². The summed E-state index contributed by atoms with van der Waals surface area (Å²) in [5, 5.41) is 16.6. The number of likely N-dealkylation sites (tertiary alicyclic amines) is 1. The Morgan fingerprint density at radius 2 is 2.07 bits per heavy atom. The third kappa shape index (κ3) is 2.45. The molecule has 9 heteroatoms. The van der Waals surface area contributed by atoms with Crippen molar-refractivity contribution >= 4 is 35.0 Å². The third-order valence-electron chi connectivity index (χ3n) is 5.98. The minimum atomic E-state index is -1.44. The Balaban J connectivity index is 1.81. The van der Waals surface area contributed by atoms with Crippen molar-refractivity contribution in [2.45, 2.75) is 31.0 Å². The Morgan fingerprint density at radius 3 is 2.75 bits per heavy atom. The number of fused-ring (bicyclic) bond motifs is 4. The van der Waals surface area contributed by atoms with E-state index in [4.69, 9.17) is 16.3 Å². The van der Waals surface area contributed by atoms with E-state index in [2.05, 4.69) is 10.6 Å². The van der Waals surface area contributed by atoms with E-state index in [1.54, 1.807) is 32.2 Å². The van der Waals surface area contributed by atoms with Crippen LogP contribution >= 0.6 is 11.6 Å². The van der Waals surface area contributed by atoms with Gasteiger partial charge in [-0.1, -0.05) is 23.7 Å². The molecule has 3 amide bonds. The monoisotopic (exact) mass is 407 g/mol. The molecule has 8 nitrogen and oxygen atoms in total. The second-order valence-electron chi connectivity index (χ2n) is 7.51. The highest BCUT2D eigenvalue weighted by Crippen LogP contribution is 2.54. The van der Waals surface area contributed by atoms with Gasteiger partial charge in [0.15, 0.2) is 0 Å². The fourth-order valence-electron chi connectivity index (χ4n) is 4.78. The summed E-state index contributed by atoms with van der Waals surface area (Å²) in [6.07, 6.45) is -0.430. The average molecular weight is 408 g/mol. The molecule has 150 valence electrons. The van der Waals surface area contributed by atoms with Gasteiger partial charge in [0.05, 0.1) is 28.6 Å². The molecule has 5 unspecified atom stereocenters. The van der Waals surface area contributed by atoms with Crippen LogP contribution in [0.25, 0.3) is 0 Å². The number of aliphatic hydroxyl groups is 1. The molecule has 0 aliphatic carbocycles. The summed E-state index contributed by atoms with van der Waals surface area (Å²) in [7, 11) is 1.55. The van der Waals surface area contributed by atoms with Crippen LogP contribution < -0.4 is 10.6 Å². The number of carbonyl (C=O) groups excluding carboxylic acids is 3. The first kappa shape index (κ1) is 19.3. The summed E-state index contributed by atoms with van der Waals surface area (Å²) in [5.74, 6) is -2.99. The Morgan fingerprint density at radius 1 is 1.32 bits per heavy atom. The number of carbonyl (C=O) groups is 3. The van der Waals surface area contributed by atoms with Crippen molar-refractivity contribution in [3.63, 3.8) is 0 Å². The zero-order valence-electron chi connectivity index (χ0n) is 15.6. The quantitative estimate of drug-likeness (QED) is 0.484. The SMILES string of the molecule is COCCCN1C(=O)C2C(C(C)O)NC3(C(=O)Nc4c(Cl)cccc43)C2C1=O. The molecule has 5 atom stereocenters. The number of methoxy groups -OCH3 is 1. The molecule has 28 heavy (non-hydrogen) atoms. The predicted molar refractivity (Wildman–Crippen MR) is 101 cm³/mol. The molecule has 0 bridgehead atoms. The Bertz CT molecular complexity index is 860. The van der Waals surface area contributed by atoms with E-state index >= 15 is 0 Å². The van der Waals surface area contributed by atoms with Crippen LogP contribution in [0.5, 0.6) is 0 Å². The number of hydrogen-bond acceptors (Lipinski definition) is 6. The average Bonchev–Trinajstić information content (AvgIpc) is 3.24. The molecule has 1 spiro atoms. The number of ether oxygens (including phenoxy) is 1. The van der Waals surface area contributed by atoms with Crippen molar-refractivity contribution in [2.75, 3.05) is 25.6 Å². The van der Waals surface area contributed by atoms with Crippen LogP contribution in [0.4, 0.5) is 5.69 Å². The predicted octanol–water partition coefficient (Wildman–Crippen LogP) is 0.478. The molecule has 3 aliphatic heterocycles. The molecule has 1 aromatic rings. The van der Waals surface area contributed by atoms with Crippen molar-refractivity contribution < 1.29 is 24.2 Å². The summed E-state index contributed by atoms with van der Waals surface area (Å²) in [4.78, 5) is 40.7. The molecule has 1 aromatic carbocycles. The van der Waals surface area contributed by atoms with Gasteiger partial charge in [0.2, 0.25) is 17.7 Å². The lowest BCUT2D eigenvalue weighted by Gasteiger charge is -2.30. The number of imide groups is 1. The maximum Gasteiger partial charge on any atom is 0.250 e. The largest absolute Gasteiger partial charge is 0.392 e. The number of anilines is 1. The van der Waals surface area contributed by atoms with Crippen LogP contribution in [0.2, 0.25) is 5.02 Å². The number of amides is 3. The van der Waals surface area contributed by atoms with Gasteiger partial charge in [0, 0.05) is 31.9 Å². The van der Waals surface area contributed by atoms with Crippen molar-refractivity contribution in [1.82, 2.24) is 10.2 Å². The van der Waals surface area contributed by atoms with Crippen molar-refractivity contribution in [3.8, 4) is 0 Å². The Hall–Kier alpha value is -2.00. The first-order valence-corrected chi connectivity index (χ1v) is 9.62. The van der Waals surface area contributed by atoms with Gasteiger partial charge in [-0.05, 0) is 19.4 Å². The van der Waals surface area contributed by atoms with Crippen molar-refractivity contribution in [1.29, 1.82) is 0 Å². The summed E-state index contributed by atoms with van der Waals surface area (Å²) >= 11 is 6.25. The number of nitrogens with one attached hydrogen (secondary N) is 2.